The summed E-state index contributed by atoms with van der Waals surface area (Å²) in [7, 11) is 1.57. The van der Waals surface area contributed by atoms with Crippen molar-refractivity contribution in [2.24, 2.45) is 0 Å². The lowest BCUT2D eigenvalue weighted by molar-refractivity contribution is -0.116. The number of ketones is 1. The minimum Gasteiger partial charge on any atom is -0.493 e. The molecule has 2 aromatic carbocycles. The first-order valence-electron chi connectivity index (χ1n) is 10.0. The smallest absolute Gasteiger partial charge is 0.255 e. The second-order valence-electron chi connectivity index (χ2n) is 7.37. The number of hydrogen-bond acceptors (Lipinski definition) is 5. The zero-order valence-electron chi connectivity index (χ0n) is 17.5. The molecular formula is C23H25Cl2NO5. The standard InChI is InChI=1S/C23H25Cl2NO5/c1-15(27)3-4-16-5-8-21(22(11-16)29-2)31-14-18-13-26(9-10-30-18)23(28)19-12-17(24)6-7-20(19)25/h5-8,11-12,18H,3-4,9-10,13-14H2,1-2H3. The van der Waals surface area contributed by atoms with Crippen LogP contribution in [-0.4, -0.2) is 56.1 Å². The van der Waals surface area contributed by atoms with E-state index >= 15 is 0 Å². The maximum absolute atomic E-state index is 12.9. The highest BCUT2D eigenvalue weighted by Gasteiger charge is 2.27. The Morgan fingerprint density at radius 3 is 2.71 bits per heavy atom. The van der Waals surface area contributed by atoms with Crippen molar-refractivity contribution in [1.29, 1.82) is 0 Å². The molecule has 0 spiro atoms. The molecule has 1 fully saturated rings. The number of hydrogen-bond donors (Lipinski definition) is 0. The monoisotopic (exact) mass is 465 g/mol. The predicted octanol–water partition coefficient (Wildman–Crippen LogP) is 4.44. The minimum absolute atomic E-state index is 0.145. The number of morpholine rings is 1. The number of halogens is 2. The van der Waals surface area contributed by atoms with Gasteiger partial charge in [0, 0.05) is 18.0 Å². The summed E-state index contributed by atoms with van der Waals surface area (Å²) in [5.41, 5.74) is 1.38. The maximum atomic E-state index is 12.9. The fourth-order valence-electron chi connectivity index (χ4n) is 3.33. The third-order valence-electron chi connectivity index (χ3n) is 5.00. The summed E-state index contributed by atoms with van der Waals surface area (Å²) < 4.78 is 17.1. The van der Waals surface area contributed by atoms with Gasteiger partial charge in [-0.05, 0) is 49.2 Å². The number of nitrogens with zero attached hydrogens (tertiary/aromatic N) is 1. The number of benzene rings is 2. The van der Waals surface area contributed by atoms with E-state index < -0.39 is 0 Å². The van der Waals surface area contributed by atoms with E-state index in [1.54, 1.807) is 37.1 Å². The molecule has 1 saturated heterocycles. The molecule has 1 aliphatic heterocycles. The summed E-state index contributed by atoms with van der Waals surface area (Å²) in [4.78, 5) is 25.8. The zero-order valence-corrected chi connectivity index (χ0v) is 19.0. The average Bonchev–Trinajstić information content (AvgIpc) is 2.77. The van der Waals surface area contributed by atoms with Gasteiger partial charge in [-0.25, -0.2) is 0 Å². The number of methoxy groups -OCH3 is 1. The lowest BCUT2D eigenvalue weighted by atomic mass is 10.1. The van der Waals surface area contributed by atoms with Crippen LogP contribution in [0.1, 0.15) is 29.3 Å². The third-order valence-corrected chi connectivity index (χ3v) is 5.57. The Kier molecular flexibility index (Phi) is 8.18. The molecule has 0 saturated carbocycles. The predicted molar refractivity (Wildman–Crippen MR) is 120 cm³/mol. The van der Waals surface area contributed by atoms with Crippen LogP contribution in [0.4, 0.5) is 0 Å². The molecule has 3 rings (SSSR count). The van der Waals surface area contributed by atoms with Gasteiger partial charge in [-0.2, -0.15) is 0 Å². The van der Waals surface area contributed by atoms with Crippen LogP contribution in [0.15, 0.2) is 36.4 Å². The fraction of sp³-hybridized carbons (Fsp3) is 0.391. The molecule has 0 N–H and O–H groups in total. The molecule has 2 aromatic rings. The number of ether oxygens (including phenoxy) is 3. The number of aryl methyl sites for hydroxylation is 1. The van der Waals surface area contributed by atoms with Crippen LogP contribution in [-0.2, 0) is 16.0 Å². The van der Waals surface area contributed by atoms with E-state index in [-0.39, 0.29) is 24.4 Å². The molecule has 0 bridgehead atoms. The highest BCUT2D eigenvalue weighted by molar-refractivity contribution is 6.35. The lowest BCUT2D eigenvalue weighted by Gasteiger charge is -2.33. The van der Waals surface area contributed by atoms with Gasteiger partial charge in [0.2, 0.25) is 0 Å². The van der Waals surface area contributed by atoms with Crippen LogP contribution in [0.3, 0.4) is 0 Å². The van der Waals surface area contributed by atoms with Crippen LogP contribution in [0.25, 0.3) is 0 Å². The van der Waals surface area contributed by atoms with Crippen molar-refractivity contribution in [3.05, 3.63) is 57.6 Å². The van der Waals surface area contributed by atoms with Gasteiger partial charge in [-0.1, -0.05) is 29.3 Å². The summed E-state index contributed by atoms with van der Waals surface area (Å²) in [6.07, 6.45) is 0.846. The molecule has 6 nitrogen and oxygen atoms in total. The molecule has 31 heavy (non-hydrogen) atoms. The van der Waals surface area contributed by atoms with E-state index in [2.05, 4.69) is 0 Å². The first kappa shape index (κ1) is 23.4. The SMILES string of the molecule is COc1cc(CCC(C)=O)ccc1OCC1CN(C(=O)c2cc(Cl)ccc2Cl)CCO1. The third kappa shape index (κ3) is 6.35. The first-order chi connectivity index (χ1) is 14.9. The van der Waals surface area contributed by atoms with Gasteiger partial charge in [-0.3, -0.25) is 4.79 Å². The Morgan fingerprint density at radius 1 is 1.16 bits per heavy atom. The molecule has 1 unspecified atom stereocenters. The Balaban J connectivity index is 1.61. The van der Waals surface area contributed by atoms with Gasteiger partial charge >= 0.3 is 0 Å². The van der Waals surface area contributed by atoms with Crippen LogP contribution in [0.2, 0.25) is 10.0 Å². The summed E-state index contributed by atoms with van der Waals surface area (Å²) in [5.74, 6) is 1.13. The molecule has 0 aromatic heterocycles. The first-order valence-corrected chi connectivity index (χ1v) is 10.8. The zero-order chi connectivity index (χ0) is 22.4. The van der Waals surface area contributed by atoms with Crippen molar-refractivity contribution < 1.29 is 23.8 Å². The van der Waals surface area contributed by atoms with E-state index in [0.717, 1.165) is 5.56 Å². The summed E-state index contributed by atoms with van der Waals surface area (Å²) in [5, 5.41) is 0.822. The van der Waals surface area contributed by atoms with Crippen molar-refractivity contribution in [3.8, 4) is 11.5 Å². The van der Waals surface area contributed by atoms with Crippen molar-refractivity contribution >= 4 is 34.9 Å². The number of amides is 1. The fourth-order valence-corrected chi connectivity index (χ4v) is 3.70. The van der Waals surface area contributed by atoms with Gasteiger partial charge in [0.15, 0.2) is 11.5 Å². The molecule has 0 radical (unpaired) electrons. The van der Waals surface area contributed by atoms with Gasteiger partial charge in [0.1, 0.15) is 18.5 Å². The number of Topliss-reactive ketones (excluding diaryl/α,β-unsaturated/α-hetero) is 1. The van der Waals surface area contributed by atoms with Gasteiger partial charge in [0.05, 0.1) is 30.8 Å². The Labute approximate surface area is 192 Å². The molecule has 1 heterocycles. The Hall–Kier alpha value is -2.28. The van der Waals surface area contributed by atoms with Gasteiger partial charge < -0.3 is 23.9 Å². The van der Waals surface area contributed by atoms with E-state index in [1.165, 1.54) is 0 Å². The van der Waals surface area contributed by atoms with Crippen LogP contribution < -0.4 is 9.47 Å². The maximum Gasteiger partial charge on any atom is 0.255 e. The number of carbonyl (C=O) groups is 2. The number of carbonyl (C=O) groups excluding carboxylic acids is 2. The highest BCUT2D eigenvalue weighted by atomic mass is 35.5. The largest absolute Gasteiger partial charge is 0.493 e. The second-order valence-corrected chi connectivity index (χ2v) is 8.21. The van der Waals surface area contributed by atoms with E-state index in [0.29, 0.717) is 59.6 Å². The molecule has 8 heteroatoms. The number of rotatable bonds is 8. The van der Waals surface area contributed by atoms with Gasteiger partial charge in [-0.15, -0.1) is 0 Å². The highest BCUT2D eigenvalue weighted by Crippen LogP contribution is 2.29. The van der Waals surface area contributed by atoms with E-state index in [9.17, 15) is 9.59 Å². The van der Waals surface area contributed by atoms with Crippen molar-refractivity contribution in [2.75, 3.05) is 33.4 Å². The normalized spacial score (nSPS) is 16.1. The molecule has 1 aliphatic rings. The van der Waals surface area contributed by atoms with Crippen LogP contribution >= 0.6 is 23.2 Å². The second kappa shape index (κ2) is 10.8. The molecular weight excluding hydrogens is 441 g/mol. The molecule has 1 amide bonds. The van der Waals surface area contributed by atoms with E-state index in [1.807, 2.05) is 18.2 Å². The minimum atomic E-state index is -0.294. The van der Waals surface area contributed by atoms with Crippen molar-refractivity contribution in [1.82, 2.24) is 4.90 Å². The topological polar surface area (TPSA) is 65.1 Å². The molecule has 0 aliphatic carbocycles. The average molecular weight is 466 g/mol. The summed E-state index contributed by atoms with van der Waals surface area (Å²) in [6.45, 7) is 3.08. The van der Waals surface area contributed by atoms with Crippen molar-refractivity contribution in [2.45, 2.75) is 25.9 Å². The quantitative estimate of drug-likeness (QED) is 0.576. The Morgan fingerprint density at radius 2 is 1.97 bits per heavy atom. The van der Waals surface area contributed by atoms with Crippen LogP contribution in [0.5, 0.6) is 11.5 Å². The summed E-state index contributed by atoms with van der Waals surface area (Å²) >= 11 is 12.2. The Bertz CT molecular complexity index is 950. The molecule has 1 atom stereocenters. The van der Waals surface area contributed by atoms with Crippen molar-refractivity contribution in [3.63, 3.8) is 0 Å². The molecule has 166 valence electrons. The van der Waals surface area contributed by atoms with Gasteiger partial charge in [0.25, 0.3) is 5.91 Å². The van der Waals surface area contributed by atoms with Crippen LogP contribution in [0, 0.1) is 0 Å². The lowest BCUT2D eigenvalue weighted by Crippen LogP contribution is -2.47. The van der Waals surface area contributed by atoms with E-state index in [4.69, 9.17) is 37.4 Å². The summed E-state index contributed by atoms with van der Waals surface area (Å²) in [6, 6.07) is 10.5.